The first-order valence-corrected chi connectivity index (χ1v) is 7.69. The zero-order chi connectivity index (χ0) is 16.3. The predicted molar refractivity (Wildman–Crippen MR) is 83.0 cm³/mol. The van der Waals surface area contributed by atoms with Gasteiger partial charge in [-0.05, 0) is 53.5 Å². The monoisotopic (exact) mass is 307 g/mol. The fourth-order valence-electron chi connectivity index (χ4n) is 2.50. The van der Waals surface area contributed by atoms with Gasteiger partial charge >= 0.3 is 12.1 Å². The van der Waals surface area contributed by atoms with Crippen molar-refractivity contribution in [2.75, 3.05) is 13.2 Å². The van der Waals surface area contributed by atoms with Crippen molar-refractivity contribution in [3.8, 4) is 6.01 Å². The van der Waals surface area contributed by atoms with Crippen LogP contribution in [0.1, 0.15) is 45.0 Å². The Morgan fingerprint density at radius 3 is 2.55 bits per heavy atom. The van der Waals surface area contributed by atoms with Crippen molar-refractivity contribution in [2.45, 2.75) is 59.1 Å². The Kier molecular flexibility index (Phi) is 4.88. The molecule has 0 saturated carbocycles. The molecule has 0 spiro atoms. The molecule has 1 aromatic heterocycles. The molecular formula is C16H25N3O3. The molecule has 6 nitrogen and oxygen atoms in total. The molecule has 1 fully saturated rings. The molecule has 1 aromatic rings. The topological polar surface area (TPSA) is 64.5 Å². The van der Waals surface area contributed by atoms with Crippen LogP contribution in [-0.4, -0.2) is 45.8 Å². The molecule has 1 amide bonds. The van der Waals surface area contributed by atoms with Gasteiger partial charge in [0.2, 0.25) is 0 Å². The van der Waals surface area contributed by atoms with Crippen LogP contribution in [0.5, 0.6) is 6.01 Å². The van der Waals surface area contributed by atoms with Gasteiger partial charge in [-0.1, -0.05) is 0 Å². The normalized spacial score (nSPS) is 18.4. The second kappa shape index (κ2) is 6.50. The number of likely N-dealkylation sites (tertiary alicyclic amines) is 1. The fraction of sp³-hybridized carbons (Fsp3) is 0.688. The lowest BCUT2D eigenvalue weighted by Gasteiger charge is -2.28. The Balaban J connectivity index is 1.95. The summed E-state index contributed by atoms with van der Waals surface area (Å²) in [5.74, 6) is 0. The van der Waals surface area contributed by atoms with E-state index >= 15 is 0 Å². The van der Waals surface area contributed by atoms with Gasteiger partial charge in [-0.2, -0.15) is 0 Å². The van der Waals surface area contributed by atoms with Gasteiger partial charge in [-0.3, -0.25) is 0 Å². The van der Waals surface area contributed by atoms with Crippen LogP contribution >= 0.6 is 0 Å². The molecule has 0 aliphatic carbocycles. The number of ether oxygens (including phenoxy) is 2. The summed E-state index contributed by atoms with van der Waals surface area (Å²) in [5.41, 5.74) is 1.26. The summed E-state index contributed by atoms with van der Waals surface area (Å²) in [4.78, 5) is 22.5. The van der Waals surface area contributed by atoms with Gasteiger partial charge in [0, 0.05) is 17.9 Å². The molecule has 1 atom stereocenters. The van der Waals surface area contributed by atoms with Crippen molar-refractivity contribution in [3.63, 3.8) is 0 Å². The summed E-state index contributed by atoms with van der Waals surface area (Å²) in [7, 11) is 0. The van der Waals surface area contributed by atoms with Crippen LogP contribution in [0.2, 0.25) is 0 Å². The fourth-order valence-corrected chi connectivity index (χ4v) is 2.50. The zero-order valence-electron chi connectivity index (χ0n) is 14.0. The highest BCUT2D eigenvalue weighted by Crippen LogP contribution is 2.21. The molecule has 0 radical (unpaired) electrons. The lowest BCUT2D eigenvalue weighted by Crippen LogP contribution is -2.42. The van der Waals surface area contributed by atoms with Crippen LogP contribution in [0, 0.1) is 13.8 Å². The maximum atomic E-state index is 12.2. The number of amides is 1. The lowest BCUT2D eigenvalue weighted by atomic mass is 10.2. The van der Waals surface area contributed by atoms with Crippen molar-refractivity contribution < 1.29 is 14.3 Å². The Hall–Kier alpha value is -1.85. The minimum Gasteiger partial charge on any atom is -0.461 e. The van der Waals surface area contributed by atoms with Crippen molar-refractivity contribution in [2.24, 2.45) is 0 Å². The predicted octanol–water partition coefficient (Wildman–Crippen LogP) is 2.87. The van der Waals surface area contributed by atoms with E-state index in [0.29, 0.717) is 19.2 Å². The minimum atomic E-state index is -0.484. The summed E-state index contributed by atoms with van der Waals surface area (Å²) >= 11 is 0. The summed E-state index contributed by atoms with van der Waals surface area (Å²) in [6.45, 7) is 10.5. The average Bonchev–Trinajstić information content (AvgIpc) is 2.81. The number of aryl methyl sites for hydroxylation is 2. The Morgan fingerprint density at radius 2 is 1.95 bits per heavy atom. The second-order valence-electron chi connectivity index (χ2n) is 6.71. The molecule has 2 heterocycles. The van der Waals surface area contributed by atoms with Gasteiger partial charge < -0.3 is 14.4 Å². The van der Waals surface area contributed by atoms with Gasteiger partial charge in [0.05, 0.1) is 6.04 Å². The van der Waals surface area contributed by atoms with E-state index in [2.05, 4.69) is 9.97 Å². The van der Waals surface area contributed by atoms with Crippen LogP contribution in [0.3, 0.4) is 0 Å². The molecule has 0 N–H and O–H groups in total. The number of nitrogens with zero attached hydrogens (tertiary/aromatic N) is 3. The van der Waals surface area contributed by atoms with Crippen LogP contribution in [-0.2, 0) is 4.74 Å². The maximum Gasteiger partial charge on any atom is 0.410 e. The van der Waals surface area contributed by atoms with Gasteiger partial charge in [-0.15, -0.1) is 0 Å². The van der Waals surface area contributed by atoms with Crippen LogP contribution in [0.25, 0.3) is 0 Å². The smallest absolute Gasteiger partial charge is 0.410 e. The number of hydrogen-bond acceptors (Lipinski definition) is 5. The zero-order valence-corrected chi connectivity index (χ0v) is 14.0. The minimum absolute atomic E-state index is 0.0132. The number of rotatable bonds is 3. The standard InChI is InChI=1S/C16H25N3O3/c1-11-9-12(2)18-14(17-11)21-10-13-7-6-8-19(13)15(20)22-16(3,4)5/h9,13H,6-8,10H2,1-5H3/t13-/m1/s1. The van der Waals surface area contributed by atoms with E-state index in [4.69, 9.17) is 9.47 Å². The van der Waals surface area contributed by atoms with Crippen LogP contribution in [0.15, 0.2) is 6.07 Å². The van der Waals surface area contributed by atoms with E-state index in [-0.39, 0.29) is 12.1 Å². The highest BCUT2D eigenvalue weighted by atomic mass is 16.6. The Morgan fingerprint density at radius 1 is 1.32 bits per heavy atom. The van der Waals surface area contributed by atoms with E-state index in [9.17, 15) is 4.79 Å². The van der Waals surface area contributed by atoms with E-state index in [0.717, 1.165) is 24.2 Å². The van der Waals surface area contributed by atoms with Gasteiger partial charge in [-0.25, -0.2) is 14.8 Å². The number of carbonyl (C=O) groups excluding carboxylic acids is 1. The van der Waals surface area contributed by atoms with Crippen molar-refractivity contribution in [3.05, 3.63) is 17.5 Å². The molecule has 1 aliphatic heterocycles. The van der Waals surface area contributed by atoms with Crippen LogP contribution < -0.4 is 4.74 Å². The van der Waals surface area contributed by atoms with E-state index in [1.165, 1.54) is 0 Å². The molecule has 2 rings (SSSR count). The average molecular weight is 307 g/mol. The Bertz CT molecular complexity index is 520. The van der Waals surface area contributed by atoms with Crippen molar-refractivity contribution in [1.29, 1.82) is 0 Å². The highest BCUT2D eigenvalue weighted by molar-refractivity contribution is 5.68. The number of carbonyl (C=O) groups is 1. The third-order valence-electron chi connectivity index (χ3n) is 3.37. The number of aromatic nitrogens is 2. The molecule has 22 heavy (non-hydrogen) atoms. The largest absolute Gasteiger partial charge is 0.461 e. The van der Waals surface area contributed by atoms with E-state index in [1.807, 2.05) is 40.7 Å². The summed E-state index contributed by atoms with van der Waals surface area (Å²) in [6, 6.07) is 2.28. The molecule has 0 bridgehead atoms. The SMILES string of the molecule is Cc1cc(C)nc(OC[C@H]2CCCN2C(=O)OC(C)(C)C)n1. The first-order valence-electron chi connectivity index (χ1n) is 7.69. The van der Waals surface area contributed by atoms with E-state index < -0.39 is 5.60 Å². The maximum absolute atomic E-state index is 12.2. The first kappa shape index (κ1) is 16.5. The van der Waals surface area contributed by atoms with Gasteiger partial charge in [0.15, 0.2) is 0 Å². The third-order valence-corrected chi connectivity index (χ3v) is 3.37. The molecule has 1 aliphatic rings. The van der Waals surface area contributed by atoms with Crippen molar-refractivity contribution in [1.82, 2.24) is 14.9 Å². The number of hydrogen-bond donors (Lipinski definition) is 0. The highest BCUT2D eigenvalue weighted by Gasteiger charge is 2.32. The van der Waals surface area contributed by atoms with Gasteiger partial charge in [0.1, 0.15) is 12.2 Å². The molecule has 122 valence electrons. The quantitative estimate of drug-likeness (QED) is 0.859. The summed E-state index contributed by atoms with van der Waals surface area (Å²) in [6.07, 6.45) is 1.59. The molecule has 0 unspecified atom stereocenters. The molecule has 1 saturated heterocycles. The first-order chi connectivity index (χ1) is 10.2. The van der Waals surface area contributed by atoms with Crippen LogP contribution in [0.4, 0.5) is 4.79 Å². The van der Waals surface area contributed by atoms with Gasteiger partial charge in [0.25, 0.3) is 0 Å². The Labute approximate surface area is 131 Å². The third kappa shape index (κ3) is 4.58. The van der Waals surface area contributed by atoms with E-state index in [1.54, 1.807) is 4.90 Å². The second-order valence-corrected chi connectivity index (χ2v) is 6.71. The van der Waals surface area contributed by atoms with Crippen molar-refractivity contribution >= 4 is 6.09 Å². The lowest BCUT2D eigenvalue weighted by molar-refractivity contribution is 0.0183. The summed E-state index contributed by atoms with van der Waals surface area (Å²) < 4.78 is 11.1. The summed E-state index contributed by atoms with van der Waals surface area (Å²) in [5, 5.41) is 0. The molecule has 6 heteroatoms. The molecular weight excluding hydrogens is 282 g/mol. The molecule has 0 aromatic carbocycles.